The van der Waals surface area contributed by atoms with E-state index in [-0.39, 0.29) is 17.5 Å². The molecular formula is C22H23BN2O3. The summed E-state index contributed by atoms with van der Waals surface area (Å²) in [5.74, 6) is -0.0592. The standard InChI is InChI=1S/C22H23BN2O3/c1-12-4-7-15-16(8-12)21(26)24-18-10-28-11-19(20(15)18)25(3)22(27)14-6-5-13(2)17(23)9-14/h4-9,19H,10-11,23H2,1-3H3,(H,24,26). The molecule has 3 aromatic rings. The van der Waals surface area contributed by atoms with Crippen LogP contribution in [0.15, 0.2) is 41.2 Å². The van der Waals surface area contributed by atoms with Crippen LogP contribution in [0.1, 0.15) is 38.8 Å². The molecule has 0 fully saturated rings. The molecule has 4 rings (SSSR count). The number of carbonyl (C=O) groups excluding carboxylic acids is 1. The minimum absolute atomic E-state index is 0.0592. The molecular weight excluding hydrogens is 351 g/mol. The lowest BCUT2D eigenvalue weighted by Crippen LogP contribution is -2.37. The molecule has 28 heavy (non-hydrogen) atoms. The number of nitrogens with zero attached hydrogens (tertiary/aromatic N) is 1. The SMILES string of the molecule is Bc1cc(C(=O)N(C)C2COCc3[nH]c(=O)c4cc(C)ccc4c32)ccc1C. The van der Waals surface area contributed by atoms with Gasteiger partial charge < -0.3 is 14.6 Å². The van der Waals surface area contributed by atoms with Crippen LogP contribution in [0, 0.1) is 13.8 Å². The van der Waals surface area contributed by atoms with Crippen molar-refractivity contribution < 1.29 is 9.53 Å². The number of benzene rings is 2. The van der Waals surface area contributed by atoms with E-state index in [2.05, 4.69) is 4.98 Å². The largest absolute Gasteiger partial charge is 0.373 e. The highest BCUT2D eigenvalue weighted by Gasteiger charge is 2.31. The van der Waals surface area contributed by atoms with Gasteiger partial charge in [0.2, 0.25) is 0 Å². The van der Waals surface area contributed by atoms with Gasteiger partial charge in [0.05, 0.1) is 19.3 Å². The zero-order valence-electron chi connectivity index (χ0n) is 16.6. The highest BCUT2D eigenvalue weighted by molar-refractivity contribution is 6.33. The molecule has 6 heteroatoms. The van der Waals surface area contributed by atoms with E-state index in [0.29, 0.717) is 24.2 Å². The maximum atomic E-state index is 13.2. The van der Waals surface area contributed by atoms with Crippen molar-refractivity contribution in [3.8, 4) is 0 Å². The van der Waals surface area contributed by atoms with Gasteiger partial charge >= 0.3 is 0 Å². The summed E-state index contributed by atoms with van der Waals surface area (Å²) >= 11 is 0. The summed E-state index contributed by atoms with van der Waals surface area (Å²) in [5.41, 5.74) is 5.53. The number of rotatable bonds is 2. The van der Waals surface area contributed by atoms with Gasteiger partial charge in [-0.2, -0.15) is 0 Å². The van der Waals surface area contributed by atoms with E-state index < -0.39 is 0 Å². The molecule has 2 aromatic carbocycles. The molecule has 1 aromatic heterocycles. The minimum Gasteiger partial charge on any atom is -0.373 e. The molecule has 142 valence electrons. The maximum Gasteiger partial charge on any atom is 0.256 e. The zero-order valence-corrected chi connectivity index (χ0v) is 16.6. The molecule has 1 unspecified atom stereocenters. The van der Waals surface area contributed by atoms with E-state index in [1.54, 1.807) is 11.9 Å². The van der Waals surface area contributed by atoms with Crippen LogP contribution in [0.5, 0.6) is 0 Å². The zero-order chi connectivity index (χ0) is 20.0. The number of aromatic amines is 1. The molecule has 0 bridgehead atoms. The fourth-order valence-corrected chi connectivity index (χ4v) is 3.89. The second-order valence-corrected chi connectivity index (χ2v) is 7.64. The number of aromatic nitrogens is 1. The Bertz CT molecular complexity index is 1150. The monoisotopic (exact) mass is 374 g/mol. The van der Waals surface area contributed by atoms with E-state index in [1.165, 1.54) is 0 Å². The van der Waals surface area contributed by atoms with Gasteiger partial charge in [0, 0.05) is 29.3 Å². The van der Waals surface area contributed by atoms with Gasteiger partial charge in [0.1, 0.15) is 7.85 Å². The Hall–Kier alpha value is -2.86. The number of likely N-dealkylation sites (N-methyl/N-ethyl adjacent to an activating group) is 1. The molecule has 1 amide bonds. The number of nitrogens with one attached hydrogen (secondary N) is 1. The van der Waals surface area contributed by atoms with Gasteiger partial charge in [0.15, 0.2) is 0 Å². The van der Waals surface area contributed by atoms with Crippen LogP contribution in [-0.4, -0.2) is 37.3 Å². The first kappa shape index (κ1) is 18.5. The second-order valence-electron chi connectivity index (χ2n) is 7.64. The second kappa shape index (κ2) is 6.95. The molecule has 0 saturated heterocycles. The molecule has 2 heterocycles. The van der Waals surface area contributed by atoms with Gasteiger partial charge in [-0.3, -0.25) is 9.59 Å². The number of amides is 1. The van der Waals surface area contributed by atoms with Gasteiger partial charge in [-0.25, -0.2) is 0 Å². The number of hydrogen-bond acceptors (Lipinski definition) is 3. The minimum atomic E-state index is -0.264. The van der Waals surface area contributed by atoms with Crippen molar-refractivity contribution >= 4 is 30.0 Å². The molecule has 0 aliphatic carbocycles. The van der Waals surface area contributed by atoms with E-state index >= 15 is 0 Å². The first-order valence-electron chi connectivity index (χ1n) is 9.44. The molecule has 1 aliphatic heterocycles. The van der Waals surface area contributed by atoms with Crippen molar-refractivity contribution in [1.29, 1.82) is 0 Å². The molecule has 0 radical (unpaired) electrons. The van der Waals surface area contributed by atoms with E-state index in [1.807, 2.05) is 58.1 Å². The maximum absolute atomic E-state index is 13.2. The summed E-state index contributed by atoms with van der Waals surface area (Å²) in [4.78, 5) is 30.4. The molecule has 1 aliphatic rings. The van der Waals surface area contributed by atoms with Crippen LogP contribution in [-0.2, 0) is 11.3 Å². The highest BCUT2D eigenvalue weighted by atomic mass is 16.5. The number of carbonyl (C=O) groups is 1. The average Bonchev–Trinajstić information content (AvgIpc) is 2.68. The summed E-state index contributed by atoms with van der Waals surface area (Å²) in [6.07, 6.45) is 0. The lowest BCUT2D eigenvalue weighted by molar-refractivity contribution is 0.0336. The first-order chi connectivity index (χ1) is 13.4. The highest BCUT2D eigenvalue weighted by Crippen LogP contribution is 2.33. The van der Waals surface area contributed by atoms with Crippen molar-refractivity contribution in [1.82, 2.24) is 9.88 Å². The van der Waals surface area contributed by atoms with E-state index in [4.69, 9.17) is 4.74 Å². The number of fused-ring (bicyclic) bond motifs is 3. The van der Waals surface area contributed by atoms with Crippen LogP contribution in [0.3, 0.4) is 0 Å². The Morgan fingerprint density at radius 2 is 1.96 bits per heavy atom. The van der Waals surface area contributed by atoms with Crippen molar-refractivity contribution in [3.63, 3.8) is 0 Å². The van der Waals surface area contributed by atoms with Crippen molar-refractivity contribution in [2.45, 2.75) is 26.5 Å². The average molecular weight is 374 g/mol. The first-order valence-corrected chi connectivity index (χ1v) is 9.44. The Kier molecular flexibility index (Phi) is 4.59. The van der Waals surface area contributed by atoms with Crippen molar-refractivity contribution in [2.24, 2.45) is 0 Å². The third-order valence-corrected chi connectivity index (χ3v) is 5.70. The molecule has 5 nitrogen and oxygen atoms in total. The summed E-state index contributed by atoms with van der Waals surface area (Å²) in [7, 11) is 3.80. The van der Waals surface area contributed by atoms with Crippen molar-refractivity contribution in [2.75, 3.05) is 13.7 Å². The van der Waals surface area contributed by atoms with Gasteiger partial charge in [-0.15, -0.1) is 0 Å². The van der Waals surface area contributed by atoms with Crippen LogP contribution in [0.25, 0.3) is 10.8 Å². The van der Waals surface area contributed by atoms with Crippen LogP contribution >= 0.6 is 0 Å². The van der Waals surface area contributed by atoms with E-state index in [0.717, 1.165) is 33.2 Å². The topological polar surface area (TPSA) is 62.4 Å². The van der Waals surface area contributed by atoms with Gasteiger partial charge in [0.25, 0.3) is 11.5 Å². The van der Waals surface area contributed by atoms with Gasteiger partial charge in [-0.1, -0.05) is 40.9 Å². The molecule has 0 saturated carbocycles. The third kappa shape index (κ3) is 3.04. The number of hydrogen-bond donors (Lipinski definition) is 1. The predicted molar refractivity (Wildman–Crippen MR) is 113 cm³/mol. The molecule has 0 spiro atoms. The molecule has 1 atom stereocenters. The summed E-state index contributed by atoms with van der Waals surface area (Å²) in [6, 6.07) is 11.4. The van der Waals surface area contributed by atoms with Crippen LogP contribution < -0.4 is 11.0 Å². The fraction of sp³-hybridized carbons (Fsp3) is 0.273. The Morgan fingerprint density at radius 3 is 2.71 bits per heavy atom. The fourth-order valence-electron chi connectivity index (χ4n) is 3.89. The summed E-state index contributed by atoms with van der Waals surface area (Å²) in [6.45, 7) is 4.74. The lowest BCUT2D eigenvalue weighted by atomic mass is 9.89. The number of pyridine rings is 1. The number of H-pyrrole nitrogens is 1. The summed E-state index contributed by atoms with van der Waals surface area (Å²) in [5, 5.41) is 1.54. The smallest absolute Gasteiger partial charge is 0.256 e. The summed E-state index contributed by atoms with van der Waals surface area (Å²) < 4.78 is 5.72. The number of aryl methyl sites for hydroxylation is 2. The third-order valence-electron chi connectivity index (χ3n) is 5.70. The quantitative estimate of drug-likeness (QED) is 0.696. The Balaban J connectivity index is 1.81. The normalized spacial score (nSPS) is 16.0. The number of ether oxygens (including phenoxy) is 1. The lowest BCUT2D eigenvalue weighted by Gasteiger charge is -2.34. The van der Waals surface area contributed by atoms with Crippen molar-refractivity contribution in [3.05, 3.63) is 74.7 Å². The Labute approximate surface area is 164 Å². The predicted octanol–water partition coefficient (Wildman–Crippen LogP) is 1.75. The molecule has 1 N–H and O–H groups in total. The van der Waals surface area contributed by atoms with Gasteiger partial charge in [-0.05, 0) is 31.4 Å². The van der Waals surface area contributed by atoms with E-state index in [9.17, 15) is 9.59 Å². The van der Waals surface area contributed by atoms with Crippen LogP contribution in [0.2, 0.25) is 0 Å². The van der Waals surface area contributed by atoms with Crippen LogP contribution in [0.4, 0.5) is 0 Å². The Morgan fingerprint density at radius 1 is 1.18 bits per heavy atom.